The Morgan fingerprint density at radius 1 is 1.21 bits per heavy atom. The van der Waals surface area contributed by atoms with Crippen LogP contribution in [-0.4, -0.2) is 46.9 Å². The molecule has 29 heavy (non-hydrogen) atoms. The highest BCUT2D eigenvalue weighted by atomic mass is 35.5. The number of carbonyl (C=O) groups excluding carboxylic acids is 1. The summed E-state index contributed by atoms with van der Waals surface area (Å²) in [5.74, 6) is -0.305. The van der Waals surface area contributed by atoms with Gasteiger partial charge in [0.1, 0.15) is 11.5 Å². The lowest BCUT2D eigenvalue weighted by atomic mass is 10.0. The molecule has 1 fully saturated rings. The normalized spacial score (nSPS) is 17.4. The smallest absolute Gasteiger partial charge is 0.272 e. The Bertz CT molecular complexity index is 1040. The maximum Gasteiger partial charge on any atom is 0.272 e. The number of nitrogens with zero attached hydrogens (tertiary/aromatic N) is 3. The van der Waals surface area contributed by atoms with Crippen LogP contribution in [0, 0.1) is 5.82 Å². The number of likely N-dealkylation sites (N-methyl/N-ethyl adjacent to an activating group) is 1. The summed E-state index contributed by atoms with van der Waals surface area (Å²) in [4.78, 5) is 21.5. The quantitative estimate of drug-likeness (QED) is 0.620. The number of likely N-dealkylation sites (tertiary alicyclic amines) is 1. The average molecular weight is 412 g/mol. The highest BCUT2D eigenvalue weighted by molar-refractivity contribution is 6.35. The van der Waals surface area contributed by atoms with Gasteiger partial charge in [0.05, 0.1) is 10.5 Å². The summed E-state index contributed by atoms with van der Waals surface area (Å²) in [7, 11) is 1.82. The van der Waals surface area contributed by atoms with Crippen molar-refractivity contribution < 1.29 is 9.18 Å². The first-order chi connectivity index (χ1) is 14.0. The molecule has 0 aliphatic carbocycles. The van der Waals surface area contributed by atoms with Crippen molar-refractivity contribution in [2.75, 3.05) is 20.1 Å². The Balaban J connectivity index is 1.48. The first kappa shape index (κ1) is 19.8. The van der Waals surface area contributed by atoms with Gasteiger partial charge >= 0.3 is 0 Å². The van der Waals surface area contributed by atoms with E-state index in [0.29, 0.717) is 34.9 Å². The van der Waals surface area contributed by atoms with Crippen molar-refractivity contribution >= 4 is 28.4 Å². The highest BCUT2D eigenvalue weighted by Gasteiger charge is 2.27. The molecule has 6 heteroatoms. The minimum Gasteiger partial charge on any atom is -0.336 e. The molecule has 4 nitrogen and oxygen atoms in total. The number of piperidine rings is 1. The maximum absolute atomic E-state index is 14.0. The minimum absolute atomic E-state index is 0.0618. The van der Waals surface area contributed by atoms with Crippen LogP contribution in [0.3, 0.4) is 0 Å². The van der Waals surface area contributed by atoms with E-state index >= 15 is 0 Å². The fourth-order valence-corrected chi connectivity index (χ4v) is 4.16. The van der Waals surface area contributed by atoms with Crippen molar-refractivity contribution in [3.8, 4) is 0 Å². The molecule has 4 rings (SSSR count). The van der Waals surface area contributed by atoms with E-state index in [4.69, 9.17) is 11.6 Å². The number of para-hydroxylation sites is 1. The maximum atomic E-state index is 14.0. The van der Waals surface area contributed by atoms with Crippen molar-refractivity contribution in [2.24, 2.45) is 0 Å². The van der Waals surface area contributed by atoms with Gasteiger partial charge in [-0.05, 0) is 37.6 Å². The van der Waals surface area contributed by atoms with Crippen LogP contribution in [-0.2, 0) is 6.54 Å². The van der Waals surface area contributed by atoms with E-state index in [0.717, 1.165) is 24.8 Å². The van der Waals surface area contributed by atoms with Crippen LogP contribution in [0.15, 0.2) is 54.6 Å². The van der Waals surface area contributed by atoms with E-state index < -0.39 is 0 Å². The number of benzene rings is 2. The number of carbonyl (C=O) groups is 1. The standard InChI is InChI=1S/C23H23ClFN3O/c1-27(23(29)21-12-11-16-7-4-9-19(24)22(16)26-21)18-8-5-13-28(15-18)14-17-6-2-3-10-20(17)25/h2-4,6-7,9-12,18H,5,8,13-15H2,1H3. The van der Waals surface area contributed by atoms with E-state index in [2.05, 4.69) is 9.88 Å². The molecule has 0 N–H and O–H groups in total. The van der Waals surface area contributed by atoms with Crippen LogP contribution in [0.4, 0.5) is 4.39 Å². The van der Waals surface area contributed by atoms with Crippen LogP contribution in [0.5, 0.6) is 0 Å². The van der Waals surface area contributed by atoms with Gasteiger partial charge in [-0.15, -0.1) is 0 Å². The second kappa shape index (κ2) is 8.47. The molecule has 1 unspecified atom stereocenters. The molecule has 1 aliphatic heterocycles. The number of rotatable bonds is 4. The molecule has 1 amide bonds. The van der Waals surface area contributed by atoms with Crippen molar-refractivity contribution in [3.05, 3.63) is 76.7 Å². The monoisotopic (exact) mass is 411 g/mol. The van der Waals surface area contributed by atoms with Crippen molar-refractivity contribution in [1.82, 2.24) is 14.8 Å². The number of aromatic nitrogens is 1. The van der Waals surface area contributed by atoms with E-state index in [-0.39, 0.29) is 17.8 Å². The van der Waals surface area contributed by atoms with Gasteiger partial charge in [-0.25, -0.2) is 9.37 Å². The number of hydrogen-bond donors (Lipinski definition) is 0. The van der Waals surface area contributed by atoms with E-state index in [1.807, 2.05) is 37.4 Å². The number of amides is 1. The summed E-state index contributed by atoms with van der Waals surface area (Å²) in [6.45, 7) is 2.16. The molecule has 3 aromatic rings. The fraction of sp³-hybridized carbons (Fsp3) is 0.304. The van der Waals surface area contributed by atoms with Crippen LogP contribution < -0.4 is 0 Å². The zero-order chi connectivity index (χ0) is 20.4. The zero-order valence-electron chi connectivity index (χ0n) is 16.3. The minimum atomic E-state index is -0.184. The van der Waals surface area contributed by atoms with Gasteiger partial charge in [-0.3, -0.25) is 9.69 Å². The predicted molar refractivity (Wildman–Crippen MR) is 114 cm³/mol. The molecule has 2 heterocycles. The molecular formula is C23H23ClFN3O. The molecule has 1 atom stereocenters. The second-order valence-corrected chi connectivity index (χ2v) is 7.95. The lowest BCUT2D eigenvalue weighted by Gasteiger charge is -2.37. The summed E-state index contributed by atoms with van der Waals surface area (Å²) in [5.41, 5.74) is 1.71. The van der Waals surface area contributed by atoms with Crippen molar-refractivity contribution in [2.45, 2.75) is 25.4 Å². The van der Waals surface area contributed by atoms with Gasteiger partial charge in [0.15, 0.2) is 0 Å². The first-order valence-corrected chi connectivity index (χ1v) is 10.2. The second-order valence-electron chi connectivity index (χ2n) is 7.55. The molecule has 0 radical (unpaired) electrons. The summed E-state index contributed by atoms with van der Waals surface area (Å²) in [5, 5.41) is 1.44. The topological polar surface area (TPSA) is 36.4 Å². The fourth-order valence-electron chi connectivity index (χ4n) is 3.93. The summed E-state index contributed by atoms with van der Waals surface area (Å²) in [6.07, 6.45) is 1.89. The molecule has 1 saturated heterocycles. The highest BCUT2D eigenvalue weighted by Crippen LogP contribution is 2.23. The molecule has 2 aromatic carbocycles. The summed E-state index contributed by atoms with van der Waals surface area (Å²) in [6, 6.07) is 16.1. The Labute approximate surface area is 174 Å². The predicted octanol–water partition coefficient (Wildman–Crippen LogP) is 4.76. The van der Waals surface area contributed by atoms with Crippen molar-refractivity contribution in [1.29, 1.82) is 0 Å². The molecule has 1 aliphatic rings. The van der Waals surface area contributed by atoms with Crippen LogP contribution in [0.1, 0.15) is 28.9 Å². The zero-order valence-corrected chi connectivity index (χ0v) is 17.1. The lowest BCUT2D eigenvalue weighted by Crippen LogP contribution is -2.48. The van der Waals surface area contributed by atoms with E-state index in [1.54, 1.807) is 23.1 Å². The van der Waals surface area contributed by atoms with Gasteiger partial charge < -0.3 is 4.90 Å². The van der Waals surface area contributed by atoms with E-state index in [1.165, 1.54) is 6.07 Å². The van der Waals surface area contributed by atoms with Gasteiger partial charge in [0.2, 0.25) is 0 Å². The molecule has 0 bridgehead atoms. The Kier molecular flexibility index (Phi) is 5.79. The van der Waals surface area contributed by atoms with Crippen LogP contribution >= 0.6 is 11.6 Å². The first-order valence-electron chi connectivity index (χ1n) is 9.81. The molecular weight excluding hydrogens is 389 g/mol. The van der Waals surface area contributed by atoms with Crippen LogP contribution in [0.25, 0.3) is 10.9 Å². The Morgan fingerprint density at radius 2 is 2.03 bits per heavy atom. The average Bonchev–Trinajstić information content (AvgIpc) is 2.75. The molecule has 150 valence electrons. The molecule has 1 aromatic heterocycles. The third-order valence-electron chi connectivity index (χ3n) is 5.59. The van der Waals surface area contributed by atoms with Gasteiger partial charge in [0.25, 0.3) is 5.91 Å². The van der Waals surface area contributed by atoms with E-state index in [9.17, 15) is 9.18 Å². The van der Waals surface area contributed by atoms with Gasteiger partial charge in [-0.1, -0.05) is 48.0 Å². The Morgan fingerprint density at radius 3 is 2.86 bits per heavy atom. The molecule has 0 saturated carbocycles. The number of hydrogen-bond acceptors (Lipinski definition) is 3. The van der Waals surface area contributed by atoms with Crippen LogP contribution in [0.2, 0.25) is 5.02 Å². The number of pyridine rings is 1. The molecule has 0 spiro atoms. The number of fused-ring (bicyclic) bond motifs is 1. The van der Waals surface area contributed by atoms with Gasteiger partial charge in [-0.2, -0.15) is 0 Å². The van der Waals surface area contributed by atoms with Crippen molar-refractivity contribution in [3.63, 3.8) is 0 Å². The SMILES string of the molecule is CN(C(=O)c1ccc2cccc(Cl)c2n1)C1CCCN(Cc2ccccc2F)C1. The third kappa shape index (κ3) is 4.26. The van der Waals surface area contributed by atoms with Gasteiger partial charge in [0, 0.05) is 37.1 Å². The number of halogens is 2. The summed E-state index contributed by atoms with van der Waals surface area (Å²) < 4.78 is 14.0. The lowest BCUT2D eigenvalue weighted by molar-refractivity contribution is 0.0602. The third-order valence-corrected chi connectivity index (χ3v) is 5.90. The Hall–Kier alpha value is -2.50. The summed E-state index contributed by atoms with van der Waals surface area (Å²) >= 11 is 6.25. The largest absolute Gasteiger partial charge is 0.336 e.